The van der Waals surface area contributed by atoms with Crippen molar-refractivity contribution < 1.29 is 20.4 Å². The van der Waals surface area contributed by atoms with Crippen LogP contribution < -0.4 is 0 Å². The van der Waals surface area contributed by atoms with Crippen LogP contribution in [0.2, 0.25) is 0 Å². The average Bonchev–Trinajstić information content (AvgIpc) is 2.14. The maximum Gasteiger partial charge on any atom is 0.0946 e. The first kappa shape index (κ1) is 14.6. The molecule has 0 amide bonds. The maximum atomic E-state index is 10.4. The molecule has 1 aliphatic carbocycles. The van der Waals surface area contributed by atoms with Crippen molar-refractivity contribution in [1.29, 1.82) is 0 Å². The summed E-state index contributed by atoms with van der Waals surface area (Å²) in [6, 6.07) is 0. The number of rotatable bonds is 2. The van der Waals surface area contributed by atoms with Gasteiger partial charge in [0.2, 0.25) is 0 Å². The third-order valence-corrected chi connectivity index (χ3v) is 3.99. The van der Waals surface area contributed by atoms with Gasteiger partial charge in [-0.3, -0.25) is 0 Å². The molecule has 0 aliphatic heterocycles. The summed E-state index contributed by atoms with van der Waals surface area (Å²) >= 11 is 0. The van der Waals surface area contributed by atoms with E-state index in [1.165, 1.54) is 0 Å². The quantitative estimate of drug-likeness (QED) is 0.531. The van der Waals surface area contributed by atoms with E-state index in [-0.39, 0.29) is 6.42 Å². The minimum atomic E-state index is -1.30. The van der Waals surface area contributed by atoms with Crippen LogP contribution in [0, 0.1) is 11.3 Å². The molecular weight excluding hydrogens is 220 g/mol. The first-order chi connectivity index (χ1) is 7.60. The van der Waals surface area contributed by atoms with Crippen LogP contribution in [-0.4, -0.2) is 44.3 Å². The number of hydrogen-bond donors (Lipinski definition) is 4. The van der Waals surface area contributed by atoms with Gasteiger partial charge in [-0.25, -0.2) is 0 Å². The summed E-state index contributed by atoms with van der Waals surface area (Å²) in [5.74, 6) is -0.414. The van der Waals surface area contributed by atoms with Crippen LogP contribution in [-0.2, 0) is 0 Å². The molecule has 0 radical (unpaired) electrons. The molecule has 17 heavy (non-hydrogen) atoms. The largest absolute Gasteiger partial charge is 0.392 e. The fourth-order valence-corrected chi connectivity index (χ4v) is 2.64. The van der Waals surface area contributed by atoms with Crippen molar-refractivity contribution in [3.63, 3.8) is 0 Å². The highest BCUT2D eigenvalue weighted by molar-refractivity contribution is 5.12. The minimum absolute atomic E-state index is 0.166. The molecule has 100 valence electrons. The van der Waals surface area contributed by atoms with Crippen molar-refractivity contribution in [2.24, 2.45) is 11.3 Å². The van der Waals surface area contributed by atoms with Crippen LogP contribution in [0.3, 0.4) is 0 Å². The van der Waals surface area contributed by atoms with E-state index >= 15 is 0 Å². The lowest BCUT2D eigenvalue weighted by Gasteiger charge is -2.51. The fraction of sp³-hybridized carbons (Fsp3) is 0.846. The number of aliphatic hydroxyl groups excluding tert-OH is 3. The predicted molar refractivity (Wildman–Crippen MR) is 65.3 cm³/mol. The molecule has 1 aliphatic rings. The Morgan fingerprint density at radius 1 is 1.18 bits per heavy atom. The van der Waals surface area contributed by atoms with E-state index in [4.69, 9.17) is 0 Å². The van der Waals surface area contributed by atoms with Crippen molar-refractivity contribution >= 4 is 0 Å². The summed E-state index contributed by atoms with van der Waals surface area (Å²) < 4.78 is 0. The van der Waals surface area contributed by atoms with Crippen LogP contribution in [0.4, 0.5) is 0 Å². The Bertz CT molecular complexity index is 274. The molecule has 0 aromatic rings. The van der Waals surface area contributed by atoms with Crippen molar-refractivity contribution in [3.05, 3.63) is 12.2 Å². The van der Waals surface area contributed by atoms with Gasteiger partial charge in [-0.2, -0.15) is 0 Å². The lowest BCUT2D eigenvalue weighted by Crippen LogP contribution is -2.60. The second-order valence-corrected chi connectivity index (χ2v) is 5.92. The first-order valence-electron chi connectivity index (χ1n) is 6.05. The third-order valence-electron chi connectivity index (χ3n) is 3.99. The fourth-order valence-electron chi connectivity index (χ4n) is 2.64. The standard InChI is InChI=1S/C13H24O4/c1-8(14)5-6-9-12(2,3)10(15)7-11(16)13(9,4)17/h5-6,8-11,14-17H,7H2,1-4H3/b6-5+/t8-,9?,10-,11-,13-/m1/s1. The van der Waals surface area contributed by atoms with Crippen LogP contribution in [0.1, 0.15) is 34.1 Å². The van der Waals surface area contributed by atoms with Gasteiger partial charge in [0, 0.05) is 12.3 Å². The summed E-state index contributed by atoms with van der Waals surface area (Å²) in [7, 11) is 0. The third kappa shape index (κ3) is 2.71. The van der Waals surface area contributed by atoms with E-state index in [0.29, 0.717) is 0 Å². The molecule has 0 spiro atoms. The summed E-state index contributed by atoms with van der Waals surface area (Å²) in [5.41, 5.74) is -1.84. The highest BCUT2D eigenvalue weighted by atomic mass is 16.3. The van der Waals surface area contributed by atoms with Gasteiger partial charge >= 0.3 is 0 Å². The Morgan fingerprint density at radius 3 is 2.18 bits per heavy atom. The van der Waals surface area contributed by atoms with Crippen molar-refractivity contribution in [1.82, 2.24) is 0 Å². The van der Waals surface area contributed by atoms with Gasteiger partial charge in [-0.05, 0) is 19.3 Å². The Morgan fingerprint density at radius 2 is 1.71 bits per heavy atom. The van der Waals surface area contributed by atoms with Crippen LogP contribution >= 0.6 is 0 Å². The molecule has 0 saturated heterocycles. The molecular formula is C13H24O4. The normalized spacial score (nSPS) is 43.9. The molecule has 0 heterocycles. The van der Waals surface area contributed by atoms with Crippen molar-refractivity contribution in [2.75, 3.05) is 0 Å². The number of aliphatic hydroxyl groups is 4. The van der Waals surface area contributed by atoms with Crippen molar-refractivity contribution in [3.8, 4) is 0 Å². The topological polar surface area (TPSA) is 80.9 Å². The SMILES string of the molecule is C[C@@H](O)/C=C/C1C(C)(C)[C@H](O)C[C@@H](O)[C@]1(C)O. The lowest BCUT2D eigenvalue weighted by atomic mass is 9.59. The molecule has 0 aromatic heterocycles. The molecule has 1 rings (SSSR count). The van der Waals surface area contributed by atoms with E-state index in [1.54, 1.807) is 26.0 Å². The van der Waals surface area contributed by atoms with E-state index < -0.39 is 35.2 Å². The molecule has 1 fully saturated rings. The molecule has 0 bridgehead atoms. The molecule has 1 unspecified atom stereocenters. The summed E-state index contributed by atoms with van der Waals surface area (Å²) in [6.45, 7) is 6.90. The predicted octanol–water partition coefficient (Wildman–Crippen LogP) is 0.442. The highest BCUT2D eigenvalue weighted by Gasteiger charge is 2.53. The second-order valence-electron chi connectivity index (χ2n) is 5.92. The van der Waals surface area contributed by atoms with Gasteiger partial charge in [0.1, 0.15) is 0 Å². The van der Waals surface area contributed by atoms with Gasteiger partial charge in [0.05, 0.1) is 23.9 Å². The van der Waals surface area contributed by atoms with E-state index in [2.05, 4.69) is 0 Å². The van der Waals surface area contributed by atoms with Gasteiger partial charge in [-0.1, -0.05) is 26.0 Å². The number of hydrogen-bond acceptors (Lipinski definition) is 4. The second kappa shape index (κ2) is 4.69. The average molecular weight is 244 g/mol. The first-order valence-corrected chi connectivity index (χ1v) is 6.05. The smallest absolute Gasteiger partial charge is 0.0946 e. The summed E-state index contributed by atoms with van der Waals surface area (Å²) in [6.07, 6.45) is 1.18. The van der Waals surface area contributed by atoms with Gasteiger partial charge in [0.15, 0.2) is 0 Å². The van der Waals surface area contributed by atoms with Gasteiger partial charge in [-0.15, -0.1) is 0 Å². The van der Waals surface area contributed by atoms with E-state index in [1.807, 2.05) is 13.8 Å². The Kier molecular flexibility index (Phi) is 4.04. The van der Waals surface area contributed by atoms with E-state index in [0.717, 1.165) is 0 Å². The van der Waals surface area contributed by atoms with Crippen LogP contribution in [0.15, 0.2) is 12.2 Å². The van der Waals surface area contributed by atoms with Gasteiger partial charge < -0.3 is 20.4 Å². The molecule has 4 heteroatoms. The van der Waals surface area contributed by atoms with Crippen LogP contribution in [0.25, 0.3) is 0 Å². The van der Waals surface area contributed by atoms with Crippen molar-refractivity contribution in [2.45, 2.75) is 58.0 Å². The molecule has 0 aromatic carbocycles. The lowest BCUT2D eigenvalue weighted by molar-refractivity contribution is -0.187. The summed E-state index contributed by atoms with van der Waals surface area (Å²) in [4.78, 5) is 0. The monoisotopic (exact) mass is 244 g/mol. The zero-order chi connectivity index (χ0) is 13.4. The molecule has 4 nitrogen and oxygen atoms in total. The Hall–Kier alpha value is -0.420. The Balaban J connectivity index is 3.07. The minimum Gasteiger partial charge on any atom is -0.392 e. The highest BCUT2D eigenvalue weighted by Crippen LogP contribution is 2.47. The maximum absolute atomic E-state index is 10.4. The zero-order valence-corrected chi connectivity index (χ0v) is 11.0. The Labute approximate surface area is 103 Å². The zero-order valence-electron chi connectivity index (χ0n) is 11.0. The molecule has 5 atom stereocenters. The molecule has 4 N–H and O–H groups in total. The molecule has 1 saturated carbocycles. The van der Waals surface area contributed by atoms with E-state index in [9.17, 15) is 20.4 Å². The summed E-state index contributed by atoms with van der Waals surface area (Å²) in [5, 5.41) is 39.5. The van der Waals surface area contributed by atoms with Crippen LogP contribution in [0.5, 0.6) is 0 Å². The van der Waals surface area contributed by atoms with Gasteiger partial charge in [0.25, 0.3) is 0 Å².